The molecule has 2 aliphatic rings. The summed E-state index contributed by atoms with van der Waals surface area (Å²) in [5.74, 6) is 0. The van der Waals surface area contributed by atoms with Crippen molar-refractivity contribution >= 4 is 11.4 Å². The molecule has 2 aromatic rings. The largest absolute Gasteiger partial charge is 0.358 e. The predicted molar refractivity (Wildman–Crippen MR) is 89.0 cm³/mol. The van der Waals surface area contributed by atoms with Gasteiger partial charge >= 0.3 is 0 Å². The van der Waals surface area contributed by atoms with Crippen LogP contribution in [0.4, 0.5) is 5.69 Å². The number of benzene rings is 2. The molecule has 0 bridgehead atoms. The fraction of sp³-hybridized carbons (Fsp3) is 0.263. The molecule has 0 aliphatic carbocycles. The maximum atomic E-state index is 2.49. The minimum atomic E-state index is 0.354. The second-order valence-electron chi connectivity index (χ2n) is 6.13. The van der Waals surface area contributed by atoms with Crippen molar-refractivity contribution in [3.63, 3.8) is 0 Å². The van der Waals surface area contributed by atoms with Gasteiger partial charge in [0.1, 0.15) is 6.17 Å². The first kappa shape index (κ1) is 12.5. The van der Waals surface area contributed by atoms with Crippen LogP contribution in [-0.4, -0.2) is 18.1 Å². The van der Waals surface area contributed by atoms with Gasteiger partial charge in [0.25, 0.3) is 0 Å². The molecule has 2 heteroatoms. The van der Waals surface area contributed by atoms with E-state index in [-0.39, 0.29) is 0 Å². The highest BCUT2D eigenvalue weighted by atomic mass is 15.4. The van der Waals surface area contributed by atoms with Crippen molar-refractivity contribution in [3.05, 3.63) is 59.3 Å². The summed E-state index contributed by atoms with van der Waals surface area (Å²) in [7, 11) is 2.16. The minimum Gasteiger partial charge on any atom is -0.358 e. The second-order valence-corrected chi connectivity index (χ2v) is 6.13. The van der Waals surface area contributed by atoms with Gasteiger partial charge in [0, 0.05) is 24.4 Å². The van der Waals surface area contributed by atoms with E-state index in [0.717, 1.165) is 0 Å². The molecule has 2 aliphatic heterocycles. The first-order valence-corrected chi connectivity index (χ1v) is 7.52. The molecule has 21 heavy (non-hydrogen) atoms. The summed E-state index contributed by atoms with van der Waals surface area (Å²) in [6.07, 6.45) is 2.63. The molecule has 2 heterocycles. The van der Waals surface area contributed by atoms with Gasteiger partial charge in [0.05, 0.1) is 11.4 Å². The third-order valence-corrected chi connectivity index (χ3v) is 4.98. The fourth-order valence-corrected chi connectivity index (χ4v) is 3.52. The third kappa shape index (κ3) is 1.53. The Morgan fingerprint density at radius 3 is 2.38 bits per heavy atom. The van der Waals surface area contributed by atoms with Crippen LogP contribution >= 0.6 is 0 Å². The van der Waals surface area contributed by atoms with Crippen LogP contribution in [0.25, 0.3) is 16.8 Å². The molecule has 4 rings (SSSR count). The molecule has 0 saturated heterocycles. The van der Waals surface area contributed by atoms with E-state index >= 15 is 0 Å². The smallest absolute Gasteiger partial charge is 0.103 e. The van der Waals surface area contributed by atoms with Crippen LogP contribution in [-0.2, 0) is 0 Å². The number of hydrogen-bond donors (Lipinski definition) is 0. The van der Waals surface area contributed by atoms with E-state index in [4.69, 9.17) is 0 Å². The minimum absolute atomic E-state index is 0.354. The van der Waals surface area contributed by atoms with Crippen molar-refractivity contribution in [3.8, 4) is 11.1 Å². The lowest BCUT2D eigenvalue weighted by molar-refractivity contribution is 0.383. The van der Waals surface area contributed by atoms with Crippen molar-refractivity contribution < 1.29 is 0 Å². The Morgan fingerprint density at radius 2 is 1.62 bits per heavy atom. The first-order valence-electron chi connectivity index (χ1n) is 7.52. The predicted octanol–water partition coefficient (Wildman–Crippen LogP) is 4.38. The maximum absolute atomic E-state index is 2.49. The van der Waals surface area contributed by atoms with E-state index < -0.39 is 0 Å². The van der Waals surface area contributed by atoms with Crippen LogP contribution in [0.1, 0.15) is 23.6 Å². The van der Waals surface area contributed by atoms with Crippen LogP contribution in [0.3, 0.4) is 0 Å². The third-order valence-electron chi connectivity index (χ3n) is 4.98. The Hall–Kier alpha value is -2.22. The molecule has 2 nitrogen and oxygen atoms in total. The molecule has 0 spiro atoms. The number of aryl methyl sites for hydroxylation is 1. The molecule has 0 saturated carbocycles. The quantitative estimate of drug-likeness (QED) is 0.704. The summed E-state index contributed by atoms with van der Waals surface area (Å²) >= 11 is 0. The molecular weight excluding hydrogens is 256 g/mol. The number of anilines is 1. The van der Waals surface area contributed by atoms with E-state index in [1.54, 1.807) is 0 Å². The Morgan fingerprint density at radius 1 is 0.905 bits per heavy atom. The molecule has 0 amide bonds. The van der Waals surface area contributed by atoms with Gasteiger partial charge in [-0.2, -0.15) is 0 Å². The average molecular weight is 276 g/mol. The molecule has 0 radical (unpaired) electrons. The van der Waals surface area contributed by atoms with Gasteiger partial charge in [-0.15, -0.1) is 0 Å². The van der Waals surface area contributed by atoms with Crippen LogP contribution in [0.2, 0.25) is 0 Å². The zero-order valence-electron chi connectivity index (χ0n) is 13.0. The zero-order valence-corrected chi connectivity index (χ0v) is 13.0. The Balaban J connectivity index is 2.11. The van der Waals surface area contributed by atoms with E-state index in [2.05, 4.69) is 80.2 Å². The Labute approximate surface area is 126 Å². The van der Waals surface area contributed by atoms with Gasteiger partial charge < -0.3 is 9.80 Å². The highest BCUT2D eigenvalue weighted by Gasteiger charge is 2.36. The molecule has 2 aromatic carbocycles. The van der Waals surface area contributed by atoms with E-state index in [9.17, 15) is 0 Å². The summed E-state index contributed by atoms with van der Waals surface area (Å²) in [6, 6.07) is 13.3. The standard InChI is InChI=1S/C19H20N2/c1-12-9-10-17-15-7-5-6-8-16(15)18-11-20(4)14(3)21(18)19(17)13(12)2/h5-11,14H,1-4H3/t14-/m0/s1. The zero-order chi connectivity index (χ0) is 14.7. The Kier molecular flexibility index (Phi) is 2.47. The molecule has 0 unspecified atom stereocenters. The molecule has 0 aromatic heterocycles. The van der Waals surface area contributed by atoms with Crippen LogP contribution in [0, 0.1) is 13.8 Å². The summed E-state index contributed by atoms with van der Waals surface area (Å²) in [5.41, 5.74) is 9.47. The maximum Gasteiger partial charge on any atom is 0.103 e. The number of fused-ring (bicyclic) bond motifs is 6. The average Bonchev–Trinajstić information content (AvgIpc) is 2.79. The topological polar surface area (TPSA) is 6.48 Å². The molecular formula is C19H20N2. The summed E-state index contributed by atoms with van der Waals surface area (Å²) < 4.78 is 0. The normalized spacial score (nSPS) is 19.0. The van der Waals surface area contributed by atoms with Crippen LogP contribution < -0.4 is 4.90 Å². The lowest BCUT2D eigenvalue weighted by Crippen LogP contribution is -2.37. The van der Waals surface area contributed by atoms with Gasteiger partial charge in [-0.1, -0.05) is 36.4 Å². The molecule has 0 N–H and O–H groups in total. The molecule has 0 fully saturated rings. The monoisotopic (exact) mass is 276 g/mol. The van der Waals surface area contributed by atoms with Crippen LogP contribution in [0.5, 0.6) is 0 Å². The lowest BCUT2D eigenvalue weighted by atomic mass is 9.88. The summed E-state index contributed by atoms with van der Waals surface area (Å²) in [6.45, 7) is 6.71. The van der Waals surface area contributed by atoms with Gasteiger partial charge in [0.2, 0.25) is 0 Å². The fourth-order valence-electron chi connectivity index (χ4n) is 3.52. The number of nitrogens with zero attached hydrogens (tertiary/aromatic N) is 2. The van der Waals surface area contributed by atoms with Gasteiger partial charge in [-0.25, -0.2) is 0 Å². The van der Waals surface area contributed by atoms with Gasteiger partial charge in [0.15, 0.2) is 0 Å². The Bertz CT molecular complexity index is 773. The van der Waals surface area contributed by atoms with Crippen LogP contribution in [0.15, 0.2) is 42.6 Å². The van der Waals surface area contributed by atoms with E-state index in [1.165, 1.54) is 39.2 Å². The van der Waals surface area contributed by atoms with Crippen molar-refractivity contribution in [1.82, 2.24) is 4.90 Å². The lowest BCUT2D eigenvalue weighted by Gasteiger charge is -2.37. The SMILES string of the molecule is Cc1ccc2c(c1C)N1C(=CN(C)[C@@H]1C)c1ccccc1-2. The molecule has 106 valence electrons. The highest BCUT2D eigenvalue weighted by molar-refractivity contribution is 6.01. The first-order chi connectivity index (χ1) is 10.1. The summed E-state index contributed by atoms with van der Waals surface area (Å²) in [4.78, 5) is 4.78. The number of hydrogen-bond acceptors (Lipinski definition) is 2. The summed E-state index contributed by atoms with van der Waals surface area (Å²) in [5, 5.41) is 0. The van der Waals surface area contributed by atoms with E-state index in [1.807, 2.05) is 0 Å². The van der Waals surface area contributed by atoms with Crippen molar-refractivity contribution in [2.75, 3.05) is 11.9 Å². The van der Waals surface area contributed by atoms with Gasteiger partial charge in [-0.3, -0.25) is 0 Å². The van der Waals surface area contributed by atoms with Gasteiger partial charge in [-0.05, 0) is 37.5 Å². The highest BCUT2D eigenvalue weighted by Crippen LogP contribution is 2.49. The van der Waals surface area contributed by atoms with Crippen molar-refractivity contribution in [1.29, 1.82) is 0 Å². The second kappa shape index (κ2) is 4.14. The number of rotatable bonds is 0. The van der Waals surface area contributed by atoms with Crippen molar-refractivity contribution in [2.24, 2.45) is 0 Å². The van der Waals surface area contributed by atoms with Crippen molar-refractivity contribution in [2.45, 2.75) is 26.9 Å². The van der Waals surface area contributed by atoms with E-state index in [0.29, 0.717) is 6.17 Å². The molecule has 1 atom stereocenters.